The van der Waals surface area contributed by atoms with Crippen LogP contribution in [0.5, 0.6) is 0 Å². The Labute approximate surface area is 243 Å². The van der Waals surface area contributed by atoms with Crippen LogP contribution in [0.2, 0.25) is 0 Å². The summed E-state index contributed by atoms with van der Waals surface area (Å²) in [6, 6.07) is 15.9. The molecule has 0 bridgehead atoms. The third kappa shape index (κ3) is 5.00. The van der Waals surface area contributed by atoms with Crippen LogP contribution in [-0.2, 0) is 13.6 Å². The van der Waals surface area contributed by atoms with Crippen molar-refractivity contribution in [3.63, 3.8) is 0 Å². The smallest absolute Gasteiger partial charge is 0.309 e. The zero-order chi connectivity index (χ0) is 26.5. The monoisotopic (exact) mass is 560 g/mol. The predicted molar refractivity (Wildman–Crippen MR) is 163 cm³/mol. The van der Waals surface area contributed by atoms with E-state index in [0.717, 1.165) is 30.1 Å². The van der Waals surface area contributed by atoms with Gasteiger partial charge in [0.15, 0.2) is 0 Å². The minimum Gasteiger partial charge on any atom is -0.309 e. The first-order valence-electron chi connectivity index (χ1n) is 17.1. The maximum atomic E-state index is 7.11. The van der Waals surface area contributed by atoms with Gasteiger partial charge < -0.3 is 13.6 Å². The fraction of sp³-hybridized carbons (Fsp3) is 0.722. The molecule has 2 aromatic rings. The summed E-state index contributed by atoms with van der Waals surface area (Å²) in [5.74, 6) is 5.43. The second-order valence-corrected chi connectivity index (χ2v) is 15.5. The zero-order valence-electron chi connectivity index (χ0n) is 24.3. The van der Waals surface area contributed by atoms with E-state index >= 15 is 0 Å². The van der Waals surface area contributed by atoms with Crippen molar-refractivity contribution >= 4 is 19.4 Å². The van der Waals surface area contributed by atoms with E-state index in [1.54, 1.807) is 0 Å². The van der Waals surface area contributed by atoms with Crippen LogP contribution in [0.4, 0.5) is 0 Å². The molecule has 8 rings (SSSR count). The van der Waals surface area contributed by atoms with Crippen LogP contribution in [0.3, 0.4) is 0 Å². The molecule has 8 unspecified atom stereocenters. The second-order valence-electron chi connectivity index (χ2n) is 14.4. The predicted octanol–water partition coefficient (Wildman–Crippen LogP) is 10.3. The highest BCUT2D eigenvalue weighted by Crippen LogP contribution is 2.62. The average Bonchev–Trinajstić information content (AvgIpc) is 3.18. The summed E-state index contributed by atoms with van der Waals surface area (Å²) < 4.78 is 21.3. The number of fused-ring (bicyclic) bond motifs is 8. The van der Waals surface area contributed by atoms with Crippen molar-refractivity contribution in [3.05, 3.63) is 48.0 Å². The highest BCUT2D eigenvalue weighted by atomic mass is 31.2. The van der Waals surface area contributed by atoms with Gasteiger partial charge in [-0.25, -0.2) is 0 Å². The van der Waals surface area contributed by atoms with Crippen molar-refractivity contribution in [1.29, 1.82) is 0 Å². The van der Waals surface area contributed by atoms with E-state index in [1.165, 1.54) is 113 Å². The van der Waals surface area contributed by atoms with Gasteiger partial charge in [0.25, 0.3) is 0 Å². The largest absolute Gasteiger partial charge is 0.333 e. The first-order valence-corrected chi connectivity index (χ1v) is 18.2. The van der Waals surface area contributed by atoms with Gasteiger partial charge in [-0.2, -0.15) is 0 Å². The Morgan fingerprint density at radius 1 is 0.575 bits per heavy atom. The minimum absolute atomic E-state index is 0.202. The van der Waals surface area contributed by atoms with Gasteiger partial charge >= 0.3 is 8.60 Å². The van der Waals surface area contributed by atoms with Crippen molar-refractivity contribution in [2.75, 3.05) is 0 Å². The van der Waals surface area contributed by atoms with E-state index in [0.29, 0.717) is 30.0 Å². The molecular formula is C36H49O3P. The van der Waals surface area contributed by atoms with Crippen LogP contribution in [0, 0.1) is 35.5 Å². The molecule has 5 saturated carbocycles. The van der Waals surface area contributed by atoms with E-state index in [-0.39, 0.29) is 6.10 Å². The lowest BCUT2D eigenvalue weighted by Crippen LogP contribution is -2.51. The van der Waals surface area contributed by atoms with E-state index in [2.05, 4.69) is 42.5 Å². The first-order chi connectivity index (χ1) is 19.8. The van der Waals surface area contributed by atoms with E-state index in [1.807, 2.05) is 0 Å². The van der Waals surface area contributed by atoms with Crippen LogP contribution in [0.15, 0.2) is 42.5 Å². The molecule has 3 nitrogen and oxygen atoms in total. The SMILES string of the molecule is c1ccc2cc([C@@H]3CCCC[C@H]3OP3OC4CCC5CCCCC5C4C4C(CCC5CCCCC54)O3)ccc2c1. The Bertz CT molecular complexity index is 1130. The molecule has 6 fully saturated rings. The van der Waals surface area contributed by atoms with Crippen molar-refractivity contribution in [2.24, 2.45) is 35.5 Å². The Kier molecular flexibility index (Phi) is 7.72. The fourth-order valence-electron chi connectivity index (χ4n) is 10.7. The highest BCUT2D eigenvalue weighted by Gasteiger charge is 2.55. The molecule has 0 amide bonds. The van der Waals surface area contributed by atoms with Gasteiger partial charge in [-0.05, 0) is 103 Å². The van der Waals surface area contributed by atoms with E-state index < -0.39 is 8.60 Å². The lowest BCUT2D eigenvalue weighted by Gasteiger charge is -2.53. The van der Waals surface area contributed by atoms with Gasteiger partial charge in [0.05, 0.1) is 18.3 Å². The molecule has 1 heterocycles. The molecule has 0 radical (unpaired) electrons. The Morgan fingerprint density at radius 2 is 1.18 bits per heavy atom. The fourth-order valence-corrected chi connectivity index (χ4v) is 12.2. The molecule has 40 heavy (non-hydrogen) atoms. The normalized spacial score (nSPS) is 43.5. The summed E-state index contributed by atoms with van der Waals surface area (Å²) in [7, 11) is -1.31. The first kappa shape index (κ1) is 26.6. The van der Waals surface area contributed by atoms with Gasteiger partial charge in [-0.3, -0.25) is 0 Å². The van der Waals surface area contributed by atoms with Gasteiger partial charge in [0.1, 0.15) is 0 Å². The highest BCUT2D eigenvalue weighted by molar-refractivity contribution is 7.41. The quantitative estimate of drug-likeness (QED) is 0.350. The molecule has 6 aliphatic rings. The Hall–Kier alpha value is -0.990. The summed E-state index contributed by atoms with van der Waals surface area (Å²) >= 11 is 0. The maximum absolute atomic E-state index is 7.11. The van der Waals surface area contributed by atoms with Crippen molar-refractivity contribution in [2.45, 2.75) is 127 Å². The molecular weight excluding hydrogens is 511 g/mol. The summed E-state index contributed by atoms with van der Waals surface area (Å²) in [4.78, 5) is 0. The van der Waals surface area contributed by atoms with Gasteiger partial charge in [0, 0.05) is 5.92 Å². The molecule has 10 atom stereocenters. The van der Waals surface area contributed by atoms with Crippen LogP contribution >= 0.6 is 8.60 Å². The molecule has 1 saturated heterocycles. The molecule has 0 aromatic heterocycles. The third-order valence-corrected chi connectivity index (χ3v) is 13.8. The molecule has 216 valence electrons. The number of rotatable bonds is 3. The van der Waals surface area contributed by atoms with Crippen molar-refractivity contribution in [1.82, 2.24) is 0 Å². The van der Waals surface area contributed by atoms with Gasteiger partial charge in [-0.15, -0.1) is 0 Å². The minimum atomic E-state index is -1.31. The molecule has 1 aliphatic heterocycles. The lowest BCUT2D eigenvalue weighted by atomic mass is 9.53. The molecule has 2 aromatic carbocycles. The van der Waals surface area contributed by atoms with Crippen LogP contribution in [0.25, 0.3) is 10.8 Å². The molecule has 4 heteroatoms. The summed E-state index contributed by atoms with van der Waals surface area (Å²) in [5.41, 5.74) is 1.44. The molecule has 0 N–H and O–H groups in total. The average molecular weight is 561 g/mol. The number of benzene rings is 2. The summed E-state index contributed by atoms with van der Waals surface area (Å²) in [6.45, 7) is 0. The lowest BCUT2D eigenvalue weighted by molar-refractivity contribution is -0.0856. The van der Waals surface area contributed by atoms with Crippen molar-refractivity contribution in [3.8, 4) is 0 Å². The van der Waals surface area contributed by atoms with E-state index in [4.69, 9.17) is 13.6 Å². The third-order valence-electron chi connectivity index (χ3n) is 12.4. The van der Waals surface area contributed by atoms with Crippen LogP contribution < -0.4 is 0 Å². The topological polar surface area (TPSA) is 27.7 Å². The molecule has 5 aliphatic carbocycles. The second kappa shape index (κ2) is 11.6. The Morgan fingerprint density at radius 3 is 1.88 bits per heavy atom. The Balaban J connectivity index is 1.08. The van der Waals surface area contributed by atoms with E-state index in [9.17, 15) is 0 Å². The van der Waals surface area contributed by atoms with Gasteiger partial charge in [0.2, 0.25) is 0 Å². The molecule has 0 spiro atoms. The van der Waals surface area contributed by atoms with Crippen LogP contribution in [-0.4, -0.2) is 18.3 Å². The maximum Gasteiger partial charge on any atom is 0.333 e. The van der Waals surface area contributed by atoms with Gasteiger partial charge in [-0.1, -0.05) is 93.8 Å². The standard InChI is InChI=1S/C36H49O3P/c1-2-12-27-23-28(18-17-24(27)9-1)29-13-7-8-16-32(29)37-40-38-33-21-19-25-10-3-5-14-30(25)35(33)36-31-15-6-4-11-26(31)20-22-34(36)39-40/h1-2,9,12,17-18,23,25-26,29-36H,3-8,10-11,13-16,19-22H2/t25?,26?,29-,30?,31?,32+,33?,34?,35?,36?,40?/m0/s1. The summed E-state index contributed by atoms with van der Waals surface area (Å²) in [6.07, 6.45) is 22.5. The van der Waals surface area contributed by atoms with Crippen LogP contribution in [0.1, 0.15) is 114 Å². The van der Waals surface area contributed by atoms with Crippen molar-refractivity contribution < 1.29 is 13.6 Å². The number of hydrogen-bond acceptors (Lipinski definition) is 3. The summed E-state index contributed by atoms with van der Waals surface area (Å²) in [5, 5.41) is 2.67. The number of hydrogen-bond donors (Lipinski definition) is 0. The zero-order valence-corrected chi connectivity index (χ0v) is 25.2.